The number of allylic oxidation sites excluding steroid dienone is 1. The maximum atomic E-state index is 12.1. The van der Waals surface area contributed by atoms with Crippen molar-refractivity contribution in [3.05, 3.63) is 24.3 Å². The van der Waals surface area contributed by atoms with Crippen LogP contribution in [0.1, 0.15) is 66.7 Å². The highest BCUT2D eigenvalue weighted by Crippen LogP contribution is 2.18. The van der Waals surface area contributed by atoms with E-state index in [-0.39, 0.29) is 41.2 Å². The van der Waals surface area contributed by atoms with Crippen molar-refractivity contribution in [1.29, 1.82) is 0 Å². The van der Waals surface area contributed by atoms with Crippen LogP contribution in [0.5, 0.6) is 0 Å². The van der Waals surface area contributed by atoms with E-state index in [1.807, 2.05) is 6.92 Å². The van der Waals surface area contributed by atoms with E-state index in [1.165, 1.54) is 6.92 Å². The average Bonchev–Trinajstić information content (AvgIpc) is 2.56. The fourth-order valence-electron chi connectivity index (χ4n) is 2.26. The van der Waals surface area contributed by atoms with Crippen LogP contribution in [0.4, 0.5) is 0 Å². The van der Waals surface area contributed by atoms with Crippen molar-refractivity contribution in [2.45, 2.75) is 72.8 Å². The lowest BCUT2D eigenvalue weighted by atomic mass is 9.90. The van der Waals surface area contributed by atoms with E-state index in [0.717, 1.165) is 0 Å². The van der Waals surface area contributed by atoms with Gasteiger partial charge in [-0.3, -0.25) is 14.4 Å². The Morgan fingerprint density at radius 3 is 1.81 bits per heavy atom. The molecule has 5 nitrogen and oxygen atoms in total. The van der Waals surface area contributed by atoms with Gasteiger partial charge >= 0.3 is 5.97 Å². The van der Waals surface area contributed by atoms with Crippen molar-refractivity contribution in [2.24, 2.45) is 11.8 Å². The predicted octanol–water partition coefficient (Wildman–Crippen LogP) is 4.00. The molecule has 0 amide bonds. The second kappa shape index (κ2) is 11.6. The van der Waals surface area contributed by atoms with E-state index in [1.54, 1.807) is 20.8 Å². The van der Waals surface area contributed by atoms with Gasteiger partial charge < -0.3 is 4.74 Å². The number of hydrogen-bond donors (Lipinski definition) is 0. The molecule has 0 heterocycles. The SMILES string of the molecule is C=C(C)C(=O)CC(C)C(=O)CCC(C)CCC(=O)C(C)OC(=O)C(=C)C. The summed E-state index contributed by atoms with van der Waals surface area (Å²) in [6, 6.07) is 0. The maximum Gasteiger partial charge on any atom is 0.333 e. The number of esters is 1. The average molecular weight is 364 g/mol. The molecule has 0 fully saturated rings. The molecule has 0 aromatic carbocycles. The fraction of sp³-hybridized carbons (Fsp3) is 0.619. The van der Waals surface area contributed by atoms with Gasteiger partial charge in [0.2, 0.25) is 0 Å². The van der Waals surface area contributed by atoms with Gasteiger partial charge in [0, 0.05) is 30.8 Å². The van der Waals surface area contributed by atoms with Crippen LogP contribution >= 0.6 is 0 Å². The molecule has 0 radical (unpaired) electrons. The first-order valence-electron chi connectivity index (χ1n) is 9.06. The second-order valence-corrected chi connectivity index (χ2v) is 7.25. The molecule has 3 unspecified atom stereocenters. The lowest BCUT2D eigenvalue weighted by Gasteiger charge is -2.15. The summed E-state index contributed by atoms with van der Waals surface area (Å²) in [7, 11) is 0. The van der Waals surface area contributed by atoms with Crippen molar-refractivity contribution >= 4 is 23.3 Å². The summed E-state index contributed by atoms with van der Waals surface area (Å²) in [5, 5.41) is 0. The Labute approximate surface area is 156 Å². The number of hydrogen-bond acceptors (Lipinski definition) is 5. The first-order valence-corrected chi connectivity index (χ1v) is 9.06. The van der Waals surface area contributed by atoms with Crippen LogP contribution in [-0.4, -0.2) is 29.4 Å². The summed E-state index contributed by atoms with van der Waals surface area (Å²) in [4.78, 5) is 47.2. The Balaban J connectivity index is 4.20. The topological polar surface area (TPSA) is 77.5 Å². The molecule has 0 spiro atoms. The van der Waals surface area contributed by atoms with Gasteiger partial charge in [-0.15, -0.1) is 0 Å². The molecule has 0 aromatic rings. The van der Waals surface area contributed by atoms with Gasteiger partial charge in [-0.05, 0) is 45.1 Å². The van der Waals surface area contributed by atoms with Crippen LogP contribution in [0.3, 0.4) is 0 Å². The molecule has 26 heavy (non-hydrogen) atoms. The molecule has 0 aliphatic rings. The van der Waals surface area contributed by atoms with E-state index in [0.29, 0.717) is 31.3 Å². The van der Waals surface area contributed by atoms with Gasteiger partial charge in [-0.1, -0.05) is 27.0 Å². The number of Topliss-reactive ketones (excluding diaryl/α,β-unsaturated/α-hetero) is 3. The van der Waals surface area contributed by atoms with Crippen LogP contribution in [-0.2, 0) is 23.9 Å². The van der Waals surface area contributed by atoms with E-state index in [2.05, 4.69) is 13.2 Å². The lowest BCUT2D eigenvalue weighted by molar-refractivity contribution is -0.150. The minimum Gasteiger partial charge on any atom is -0.451 e. The van der Waals surface area contributed by atoms with Crippen molar-refractivity contribution in [2.75, 3.05) is 0 Å². The van der Waals surface area contributed by atoms with Crippen LogP contribution < -0.4 is 0 Å². The Kier molecular flexibility index (Phi) is 10.6. The van der Waals surface area contributed by atoms with Gasteiger partial charge in [0.1, 0.15) is 5.78 Å². The first-order chi connectivity index (χ1) is 12.0. The third kappa shape index (κ3) is 9.44. The van der Waals surface area contributed by atoms with Gasteiger partial charge in [0.05, 0.1) is 0 Å². The maximum absolute atomic E-state index is 12.1. The lowest BCUT2D eigenvalue weighted by Crippen LogP contribution is -2.24. The largest absolute Gasteiger partial charge is 0.451 e. The zero-order valence-electron chi connectivity index (χ0n) is 16.7. The van der Waals surface area contributed by atoms with E-state index in [9.17, 15) is 19.2 Å². The number of carbonyl (C=O) groups excluding carboxylic acids is 4. The van der Waals surface area contributed by atoms with Crippen molar-refractivity contribution in [3.8, 4) is 0 Å². The summed E-state index contributed by atoms with van der Waals surface area (Å²) >= 11 is 0. The molecule has 0 saturated heterocycles. The summed E-state index contributed by atoms with van der Waals surface area (Å²) in [5.41, 5.74) is 0.730. The highest BCUT2D eigenvalue weighted by Gasteiger charge is 2.20. The van der Waals surface area contributed by atoms with Gasteiger partial charge in [-0.25, -0.2) is 4.79 Å². The fourth-order valence-corrected chi connectivity index (χ4v) is 2.26. The van der Waals surface area contributed by atoms with Gasteiger partial charge in [0.25, 0.3) is 0 Å². The minimum absolute atomic E-state index is 0.0570. The second-order valence-electron chi connectivity index (χ2n) is 7.25. The van der Waals surface area contributed by atoms with Crippen molar-refractivity contribution < 1.29 is 23.9 Å². The van der Waals surface area contributed by atoms with Crippen molar-refractivity contribution in [1.82, 2.24) is 0 Å². The van der Waals surface area contributed by atoms with Crippen LogP contribution in [0, 0.1) is 11.8 Å². The number of carbonyl (C=O) groups is 4. The summed E-state index contributed by atoms with van der Waals surface area (Å²) in [6.07, 6.45) is 1.38. The monoisotopic (exact) mass is 364 g/mol. The third-order valence-electron chi connectivity index (χ3n) is 4.37. The minimum atomic E-state index is -0.791. The highest BCUT2D eigenvalue weighted by atomic mass is 16.5. The molecule has 0 aromatic heterocycles. The number of ether oxygens (including phenoxy) is 1. The molecular formula is C21H32O5. The Morgan fingerprint density at radius 1 is 0.846 bits per heavy atom. The van der Waals surface area contributed by atoms with E-state index >= 15 is 0 Å². The van der Waals surface area contributed by atoms with Gasteiger partial charge in [0.15, 0.2) is 17.7 Å². The van der Waals surface area contributed by atoms with Crippen LogP contribution in [0.2, 0.25) is 0 Å². The summed E-state index contributed by atoms with van der Waals surface area (Å²) in [6.45, 7) is 15.5. The van der Waals surface area contributed by atoms with Crippen LogP contribution in [0.25, 0.3) is 0 Å². The molecule has 0 rings (SSSR count). The molecule has 0 bridgehead atoms. The molecule has 0 aliphatic heterocycles. The quantitative estimate of drug-likeness (QED) is 0.365. The zero-order chi connectivity index (χ0) is 20.4. The Bertz CT molecular complexity index is 523. The molecule has 0 aliphatic carbocycles. The third-order valence-corrected chi connectivity index (χ3v) is 4.37. The standard InChI is InChI=1S/C21H32O5/c1-13(2)20(24)12-16(6)18(22)10-8-15(5)9-11-19(23)17(7)26-21(25)14(3)4/h15-17H,1,3,8-12H2,2,4-7H3. The van der Waals surface area contributed by atoms with Crippen molar-refractivity contribution in [3.63, 3.8) is 0 Å². The number of rotatable bonds is 13. The molecule has 146 valence electrons. The van der Waals surface area contributed by atoms with Gasteiger partial charge in [-0.2, -0.15) is 0 Å². The smallest absolute Gasteiger partial charge is 0.333 e. The zero-order valence-corrected chi connectivity index (χ0v) is 16.7. The molecule has 3 atom stereocenters. The number of ketones is 3. The van der Waals surface area contributed by atoms with E-state index < -0.39 is 12.1 Å². The summed E-state index contributed by atoms with van der Waals surface area (Å²) < 4.78 is 5.01. The summed E-state index contributed by atoms with van der Waals surface area (Å²) in [5.74, 6) is -0.851. The first kappa shape index (κ1) is 24.0. The Hall–Kier alpha value is -2.04. The predicted molar refractivity (Wildman–Crippen MR) is 102 cm³/mol. The normalized spacial score (nSPS) is 14.0. The highest BCUT2D eigenvalue weighted by molar-refractivity contribution is 5.97. The molecular weight excluding hydrogens is 332 g/mol. The van der Waals surface area contributed by atoms with E-state index in [4.69, 9.17) is 4.74 Å². The molecule has 0 saturated carbocycles. The molecule has 5 heteroatoms. The molecule has 0 N–H and O–H groups in total. The Morgan fingerprint density at radius 2 is 1.35 bits per heavy atom. The van der Waals surface area contributed by atoms with Crippen LogP contribution in [0.15, 0.2) is 24.3 Å².